The van der Waals surface area contributed by atoms with Gasteiger partial charge >= 0.3 is 6.09 Å². The Hall–Kier alpha value is -2.77. The second-order valence-electron chi connectivity index (χ2n) is 10.6. The molecule has 0 aliphatic rings. The highest BCUT2D eigenvalue weighted by atomic mass is 16.6. The van der Waals surface area contributed by atoms with Crippen LogP contribution in [0.5, 0.6) is 5.75 Å². The van der Waals surface area contributed by atoms with Gasteiger partial charge in [0.2, 0.25) is 11.8 Å². The van der Waals surface area contributed by atoms with E-state index in [-0.39, 0.29) is 17.6 Å². The molecule has 0 spiro atoms. The van der Waals surface area contributed by atoms with Gasteiger partial charge in [-0.15, -0.1) is 0 Å². The molecule has 0 saturated heterocycles. The maximum atomic E-state index is 13.6. The first-order chi connectivity index (χ1) is 15.0. The van der Waals surface area contributed by atoms with Crippen molar-refractivity contribution in [3.05, 3.63) is 29.3 Å². The molecule has 8 nitrogen and oxygen atoms in total. The molecule has 1 aromatic carbocycles. The average Bonchev–Trinajstić information content (AvgIpc) is 2.65. The summed E-state index contributed by atoms with van der Waals surface area (Å²) in [5.74, 6) is -0.856. The highest BCUT2D eigenvalue weighted by Crippen LogP contribution is 2.27. The number of aryl methyl sites for hydroxylation is 1. The molecule has 0 aliphatic carbocycles. The molecule has 0 fully saturated rings. The lowest BCUT2D eigenvalue weighted by molar-refractivity contribution is -0.142. The van der Waals surface area contributed by atoms with Crippen molar-refractivity contribution in [3.8, 4) is 5.75 Å². The number of phenolic OH excluding ortho intramolecular Hbond substituents is 1. The normalized spacial score (nSPS) is 14.6. The first kappa shape index (κ1) is 28.3. The lowest BCUT2D eigenvalue weighted by Crippen LogP contribution is -2.55. The van der Waals surface area contributed by atoms with Crippen LogP contribution in [-0.2, 0) is 14.3 Å². The van der Waals surface area contributed by atoms with Gasteiger partial charge in [-0.1, -0.05) is 26.3 Å². The fraction of sp³-hybridized carbons (Fsp3) is 0.640. The summed E-state index contributed by atoms with van der Waals surface area (Å²) in [6.07, 6.45) is -0.0530. The zero-order valence-corrected chi connectivity index (χ0v) is 21.7. The van der Waals surface area contributed by atoms with Crippen molar-refractivity contribution in [2.45, 2.75) is 92.0 Å². The third kappa shape index (κ3) is 8.59. The highest BCUT2D eigenvalue weighted by Gasteiger charge is 2.37. The van der Waals surface area contributed by atoms with Gasteiger partial charge in [-0.2, -0.15) is 0 Å². The molecule has 8 heteroatoms. The number of benzene rings is 1. The second kappa shape index (κ2) is 10.9. The van der Waals surface area contributed by atoms with E-state index in [9.17, 15) is 19.5 Å². The molecule has 3 atom stereocenters. The molecule has 186 valence electrons. The summed E-state index contributed by atoms with van der Waals surface area (Å²) in [6.45, 7) is 16.3. The molecule has 3 N–H and O–H groups in total. The quantitative estimate of drug-likeness (QED) is 0.565. The summed E-state index contributed by atoms with van der Waals surface area (Å²) < 4.78 is 5.35. The van der Waals surface area contributed by atoms with Gasteiger partial charge in [0.25, 0.3) is 0 Å². The first-order valence-corrected chi connectivity index (χ1v) is 11.3. The van der Waals surface area contributed by atoms with Crippen LogP contribution in [0, 0.1) is 12.8 Å². The van der Waals surface area contributed by atoms with Crippen LogP contribution < -0.4 is 10.6 Å². The van der Waals surface area contributed by atoms with E-state index >= 15 is 0 Å². The summed E-state index contributed by atoms with van der Waals surface area (Å²) in [7, 11) is 1.55. The number of ether oxygens (including phenoxy) is 1. The third-order valence-corrected chi connectivity index (χ3v) is 5.17. The number of likely N-dealkylation sites (N-methyl/N-ethyl adjacent to an activating group) is 1. The minimum Gasteiger partial charge on any atom is -0.508 e. The van der Waals surface area contributed by atoms with Crippen molar-refractivity contribution in [2.24, 2.45) is 5.92 Å². The van der Waals surface area contributed by atoms with E-state index in [1.165, 1.54) is 11.0 Å². The lowest BCUT2D eigenvalue weighted by atomic mass is 9.95. The molecule has 0 saturated carbocycles. The Morgan fingerprint density at radius 1 is 1.12 bits per heavy atom. The Kier molecular flexibility index (Phi) is 9.33. The number of alkyl carbamates (subject to hydrolysis) is 1. The summed E-state index contributed by atoms with van der Waals surface area (Å²) >= 11 is 0. The Labute approximate surface area is 198 Å². The fourth-order valence-corrected chi connectivity index (χ4v) is 3.30. The van der Waals surface area contributed by atoms with Gasteiger partial charge in [0, 0.05) is 12.6 Å². The monoisotopic (exact) mass is 463 g/mol. The number of amides is 3. The Morgan fingerprint density at radius 2 is 1.70 bits per heavy atom. The lowest BCUT2D eigenvalue weighted by Gasteiger charge is -2.35. The number of hydrogen-bond acceptors (Lipinski definition) is 5. The average molecular weight is 464 g/mol. The van der Waals surface area contributed by atoms with Gasteiger partial charge < -0.3 is 25.4 Å². The van der Waals surface area contributed by atoms with Crippen molar-refractivity contribution < 1.29 is 24.2 Å². The Bertz CT molecular complexity index is 855. The number of nitrogens with zero attached hydrogens (tertiary/aromatic N) is 1. The number of carbonyl (C=O) groups excluding carboxylic acids is 3. The third-order valence-electron chi connectivity index (χ3n) is 5.17. The molecule has 0 bridgehead atoms. The molecule has 0 heterocycles. The molecule has 1 aromatic rings. The largest absolute Gasteiger partial charge is 0.508 e. The zero-order chi connectivity index (χ0) is 25.7. The van der Waals surface area contributed by atoms with Crippen molar-refractivity contribution in [2.75, 3.05) is 7.05 Å². The molecular weight excluding hydrogens is 422 g/mol. The predicted octanol–water partition coefficient (Wildman–Crippen LogP) is 4.05. The number of carbonyl (C=O) groups is 3. The molecule has 0 aromatic heterocycles. The minimum atomic E-state index is -0.956. The van der Waals surface area contributed by atoms with E-state index < -0.39 is 35.2 Å². The fourth-order valence-electron chi connectivity index (χ4n) is 3.30. The number of rotatable bonds is 7. The van der Waals surface area contributed by atoms with Crippen LogP contribution in [0.4, 0.5) is 4.79 Å². The van der Waals surface area contributed by atoms with Crippen molar-refractivity contribution in [3.63, 3.8) is 0 Å². The molecule has 0 aliphatic heterocycles. The predicted molar refractivity (Wildman–Crippen MR) is 129 cm³/mol. The number of phenols is 1. The van der Waals surface area contributed by atoms with E-state index in [1.807, 2.05) is 34.6 Å². The van der Waals surface area contributed by atoms with Gasteiger partial charge in [0.1, 0.15) is 23.4 Å². The maximum absolute atomic E-state index is 13.6. The van der Waals surface area contributed by atoms with Crippen LogP contribution in [-0.4, -0.2) is 52.1 Å². The number of aromatic hydroxyl groups is 1. The van der Waals surface area contributed by atoms with E-state index in [0.29, 0.717) is 17.5 Å². The topological polar surface area (TPSA) is 108 Å². The Morgan fingerprint density at radius 3 is 2.15 bits per heavy atom. The molecule has 0 radical (unpaired) electrons. The zero-order valence-electron chi connectivity index (χ0n) is 21.7. The standard InChI is InChI=1S/C25H41N3O5/c1-11-15(2)19(26-23(32)33-25(7,8)9)22(31)28(10)20(21(30)27-24(4,5)6)17-12-13-18(29)16(3)14-17/h12-15,19-20,29H,11H2,1-10H3,(H,26,32)(H,27,30). The minimum absolute atomic E-state index is 0.104. The van der Waals surface area contributed by atoms with Crippen LogP contribution in [0.25, 0.3) is 0 Å². The van der Waals surface area contributed by atoms with Crippen LogP contribution in [0.1, 0.15) is 79.0 Å². The second-order valence-corrected chi connectivity index (χ2v) is 10.6. The van der Waals surface area contributed by atoms with Crippen molar-refractivity contribution in [1.29, 1.82) is 0 Å². The van der Waals surface area contributed by atoms with Crippen LogP contribution >= 0.6 is 0 Å². The van der Waals surface area contributed by atoms with Crippen LogP contribution in [0.15, 0.2) is 18.2 Å². The SMILES string of the molecule is CCC(C)C(NC(=O)OC(C)(C)C)C(=O)N(C)C(C(=O)NC(C)(C)C)c1ccc(O)c(C)c1. The van der Waals surface area contributed by atoms with Crippen molar-refractivity contribution in [1.82, 2.24) is 15.5 Å². The van der Waals surface area contributed by atoms with Gasteiger partial charge in [0.15, 0.2) is 0 Å². The van der Waals surface area contributed by atoms with E-state index in [4.69, 9.17) is 4.74 Å². The molecule has 33 heavy (non-hydrogen) atoms. The van der Waals surface area contributed by atoms with E-state index in [2.05, 4.69) is 10.6 Å². The smallest absolute Gasteiger partial charge is 0.408 e. The maximum Gasteiger partial charge on any atom is 0.408 e. The number of nitrogens with one attached hydrogen (secondary N) is 2. The van der Waals surface area contributed by atoms with Gasteiger partial charge in [0.05, 0.1) is 0 Å². The first-order valence-electron chi connectivity index (χ1n) is 11.3. The van der Waals surface area contributed by atoms with Crippen LogP contribution in [0.2, 0.25) is 0 Å². The number of hydrogen-bond donors (Lipinski definition) is 3. The Balaban J connectivity index is 3.36. The van der Waals surface area contributed by atoms with Crippen LogP contribution in [0.3, 0.4) is 0 Å². The highest BCUT2D eigenvalue weighted by molar-refractivity contribution is 5.92. The molecular formula is C25H41N3O5. The van der Waals surface area contributed by atoms with Gasteiger partial charge in [-0.3, -0.25) is 9.59 Å². The summed E-state index contributed by atoms with van der Waals surface area (Å²) in [5, 5.41) is 15.6. The van der Waals surface area contributed by atoms with Gasteiger partial charge in [-0.25, -0.2) is 4.79 Å². The molecule has 3 amide bonds. The summed E-state index contributed by atoms with van der Waals surface area (Å²) in [4.78, 5) is 40.7. The summed E-state index contributed by atoms with van der Waals surface area (Å²) in [5.41, 5.74) is -0.0799. The summed E-state index contributed by atoms with van der Waals surface area (Å²) in [6, 6.07) is 2.98. The van der Waals surface area contributed by atoms with Gasteiger partial charge in [-0.05, 0) is 77.6 Å². The molecule has 3 unspecified atom stereocenters. The van der Waals surface area contributed by atoms with Crippen molar-refractivity contribution >= 4 is 17.9 Å². The van der Waals surface area contributed by atoms with E-state index in [1.54, 1.807) is 46.9 Å². The molecule has 1 rings (SSSR count). The van der Waals surface area contributed by atoms with E-state index in [0.717, 1.165) is 0 Å².